The number of carbonyl (C=O) groups excluding carboxylic acids is 1. The highest BCUT2D eigenvalue weighted by atomic mass is 28.4. The highest BCUT2D eigenvalue weighted by Gasteiger charge is 2.39. The molecule has 0 spiro atoms. The van der Waals surface area contributed by atoms with Crippen LogP contribution in [0.5, 0.6) is 11.5 Å². The van der Waals surface area contributed by atoms with Crippen molar-refractivity contribution >= 4 is 19.9 Å². The largest absolute Gasteiger partial charge is 0.544 e. The van der Waals surface area contributed by atoms with E-state index in [4.69, 9.17) is 13.9 Å². The smallest absolute Gasteiger partial charge is 0.343 e. The van der Waals surface area contributed by atoms with Crippen molar-refractivity contribution in [2.45, 2.75) is 77.4 Å². The maximum atomic E-state index is 11.5. The van der Waals surface area contributed by atoms with Crippen LogP contribution in [0.2, 0.25) is 18.1 Å². The highest BCUT2D eigenvalue weighted by Crippen LogP contribution is 2.49. The Balaban J connectivity index is 1.69. The van der Waals surface area contributed by atoms with E-state index >= 15 is 0 Å². The van der Waals surface area contributed by atoms with E-state index in [2.05, 4.69) is 70.3 Å². The minimum atomic E-state index is -1.89. The van der Waals surface area contributed by atoms with Gasteiger partial charge in [-0.1, -0.05) is 63.5 Å². The number of allylic oxidation sites excluding steroid dienone is 1. The minimum absolute atomic E-state index is 0.0797. The first kappa shape index (κ1) is 26.5. The molecule has 4 nitrogen and oxygen atoms in total. The summed E-state index contributed by atoms with van der Waals surface area (Å²) < 4.78 is 16.9. The monoisotopic (exact) mass is 506 g/mol. The Hall–Kier alpha value is -2.53. The van der Waals surface area contributed by atoms with Gasteiger partial charge in [-0.2, -0.15) is 0 Å². The molecule has 2 bridgehead atoms. The first-order chi connectivity index (χ1) is 17.1. The van der Waals surface area contributed by atoms with E-state index in [9.17, 15) is 4.79 Å². The number of fused-ring (bicyclic) bond motifs is 2. The molecular weight excluding hydrogens is 464 g/mol. The number of hydrogen-bond acceptors (Lipinski definition) is 4. The third kappa shape index (κ3) is 5.88. The minimum Gasteiger partial charge on any atom is -0.544 e. The SMILES string of the molecule is COC(=O)COc1ccc(C(=C2C3CCCC2CCC3)c2ccc(O[Si](C)(C)C(C)(C)C)cc2)cc1. The molecule has 2 aromatic rings. The number of carbonyl (C=O) groups is 1. The third-order valence-corrected chi connectivity index (χ3v) is 12.8. The van der Waals surface area contributed by atoms with E-state index < -0.39 is 8.32 Å². The van der Waals surface area contributed by atoms with Gasteiger partial charge in [-0.05, 0) is 96.6 Å². The lowest BCUT2D eigenvalue weighted by Gasteiger charge is -2.40. The molecule has 0 heterocycles. The quantitative estimate of drug-likeness (QED) is 0.282. The summed E-state index contributed by atoms with van der Waals surface area (Å²) in [6.45, 7) is 11.3. The fourth-order valence-corrected chi connectivity index (χ4v) is 6.46. The molecule has 0 radical (unpaired) electrons. The molecule has 2 aliphatic carbocycles. The van der Waals surface area contributed by atoms with Gasteiger partial charge in [0.25, 0.3) is 0 Å². The molecule has 2 aliphatic rings. The maximum absolute atomic E-state index is 11.5. The van der Waals surface area contributed by atoms with Gasteiger partial charge in [0.05, 0.1) is 7.11 Å². The number of rotatable bonds is 7. The van der Waals surface area contributed by atoms with E-state index in [1.165, 1.54) is 62.3 Å². The highest BCUT2D eigenvalue weighted by molar-refractivity contribution is 6.74. The average molecular weight is 507 g/mol. The molecular formula is C31H42O4Si. The van der Waals surface area contributed by atoms with Crippen LogP contribution in [0.4, 0.5) is 0 Å². The Bertz CT molecular complexity index is 1050. The van der Waals surface area contributed by atoms with Gasteiger partial charge in [-0.15, -0.1) is 0 Å². The number of ether oxygens (including phenoxy) is 2. The van der Waals surface area contributed by atoms with Gasteiger partial charge in [0, 0.05) is 0 Å². The molecule has 0 N–H and O–H groups in total. The summed E-state index contributed by atoms with van der Waals surface area (Å²) in [6, 6.07) is 17.0. The zero-order valence-corrected chi connectivity index (χ0v) is 23.9. The Labute approximate surface area is 218 Å². The van der Waals surface area contributed by atoms with Crippen LogP contribution in [-0.2, 0) is 9.53 Å². The van der Waals surface area contributed by atoms with Crippen molar-refractivity contribution in [3.05, 3.63) is 65.2 Å². The Morgan fingerprint density at radius 2 is 1.31 bits per heavy atom. The standard InChI is InChI=1S/C31H42O4Si/c1-31(2,3)36(5,6)35-27-19-15-25(16-20-27)30(29-22-9-7-10-23(29)12-8-11-22)24-13-17-26(18-14-24)34-21-28(32)33-4/h13-20,22-23H,7-12,21H2,1-6H3. The topological polar surface area (TPSA) is 44.8 Å². The number of benzene rings is 2. The molecule has 2 saturated carbocycles. The van der Waals surface area contributed by atoms with Gasteiger partial charge in [-0.3, -0.25) is 0 Å². The van der Waals surface area contributed by atoms with Gasteiger partial charge in [-0.25, -0.2) is 4.79 Å². The Kier molecular flexibility index (Phi) is 7.99. The maximum Gasteiger partial charge on any atom is 0.343 e. The van der Waals surface area contributed by atoms with Gasteiger partial charge in [0.1, 0.15) is 11.5 Å². The predicted molar refractivity (Wildman–Crippen MR) is 149 cm³/mol. The lowest BCUT2D eigenvalue weighted by atomic mass is 9.65. The van der Waals surface area contributed by atoms with Crippen LogP contribution in [0, 0.1) is 11.8 Å². The summed E-state index contributed by atoms with van der Waals surface area (Å²) in [7, 11) is -0.517. The van der Waals surface area contributed by atoms with Crippen molar-refractivity contribution < 1.29 is 18.7 Å². The van der Waals surface area contributed by atoms with Crippen molar-refractivity contribution in [3.63, 3.8) is 0 Å². The summed E-state index contributed by atoms with van der Waals surface area (Å²) in [5, 5.41) is 0.163. The summed E-state index contributed by atoms with van der Waals surface area (Å²) in [5.41, 5.74) is 5.50. The molecule has 5 heteroatoms. The van der Waals surface area contributed by atoms with E-state index in [0.717, 1.165) is 5.75 Å². The fraction of sp³-hybridized carbons (Fsp3) is 0.516. The van der Waals surface area contributed by atoms with E-state index in [1.54, 1.807) is 5.57 Å². The number of methoxy groups -OCH3 is 1. The predicted octanol–water partition coefficient (Wildman–Crippen LogP) is 8.02. The molecule has 194 valence electrons. The van der Waals surface area contributed by atoms with Crippen LogP contribution in [0.15, 0.2) is 54.1 Å². The van der Waals surface area contributed by atoms with Crippen molar-refractivity contribution in [1.82, 2.24) is 0 Å². The first-order valence-electron chi connectivity index (χ1n) is 13.4. The molecule has 0 saturated heterocycles. The molecule has 0 atom stereocenters. The molecule has 0 unspecified atom stereocenters. The lowest BCUT2D eigenvalue weighted by Crippen LogP contribution is -2.43. The summed E-state index contributed by atoms with van der Waals surface area (Å²) in [6.07, 6.45) is 7.85. The van der Waals surface area contributed by atoms with Crippen LogP contribution in [0.3, 0.4) is 0 Å². The van der Waals surface area contributed by atoms with Crippen LogP contribution in [-0.4, -0.2) is 28.0 Å². The summed E-state index contributed by atoms with van der Waals surface area (Å²) in [5.74, 6) is 2.61. The van der Waals surface area contributed by atoms with Gasteiger partial charge >= 0.3 is 5.97 Å². The molecule has 0 amide bonds. The molecule has 0 aromatic heterocycles. The summed E-state index contributed by atoms with van der Waals surface area (Å²) >= 11 is 0. The first-order valence-corrected chi connectivity index (χ1v) is 16.3. The Morgan fingerprint density at radius 3 is 1.75 bits per heavy atom. The normalized spacial score (nSPS) is 20.0. The van der Waals surface area contributed by atoms with Crippen molar-refractivity contribution in [2.24, 2.45) is 11.8 Å². The molecule has 0 aliphatic heterocycles. The van der Waals surface area contributed by atoms with Crippen LogP contribution >= 0.6 is 0 Å². The number of esters is 1. The molecule has 36 heavy (non-hydrogen) atoms. The van der Waals surface area contributed by atoms with E-state index in [-0.39, 0.29) is 17.6 Å². The second-order valence-corrected chi connectivity index (χ2v) is 16.6. The molecule has 2 aromatic carbocycles. The van der Waals surface area contributed by atoms with Gasteiger partial charge in [0.15, 0.2) is 6.61 Å². The fourth-order valence-electron chi connectivity index (χ4n) is 5.43. The lowest BCUT2D eigenvalue weighted by molar-refractivity contribution is -0.142. The van der Waals surface area contributed by atoms with Crippen molar-refractivity contribution in [3.8, 4) is 11.5 Å². The van der Waals surface area contributed by atoms with Crippen LogP contribution < -0.4 is 9.16 Å². The second kappa shape index (κ2) is 10.8. The van der Waals surface area contributed by atoms with E-state index in [0.29, 0.717) is 17.6 Å². The second-order valence-electron chi connectivity index (χ2n) is 11.9. The molecule has 2 fully saturated rings. The van der Waals surface area contributed by atoms with Crippen molar-refractivity contribution in [1.29, 1.82) is 0 Å². The third-order valence-electron chi connectivity index (χ3n) is 8.43. The van der Waals surface area contributed by atoms with Crippen molar-refractivity contribution in [2.75, 3.05) is 13.7 Å². The van der Waals surface area contributed by atoms with Crippen LogP contribution in [0.1, 0.15) is 70.4 Å². The Morgan fingerprint density at radius 1 is 0.833 bits per heavy atom. The average Bonchev–Trinajstić information content (AvgIpc) is 2.83. The van der Waals surface area contributed by atoms with Crippen LogP contribution in [0.25, 0.3) is 5.57 Å². The van der Waals surface area contributed by atoms with Gasteiger partial charge in [0.2, 0.25) is 8.32 Å². The zero-order valence-electron chi connectivity index (χ0n) is 22.9. The van der Waals surface area contributed by atoms with Gasteiger partial charge < -0.3 is 13.9 Å². The number of hydrogen-bond donors (Lipinski definition) is 0. The molecule has 4 rings (SSSR count). The van der Waals surface area contributed by atoms with E-state index in [1.807, 2.05) is 12.1 Å². The summed E-state index contributed by atoms with van der Waals surface area (Å²) in [4.78, 5) is 11.5. The zero-order chi connectivity index (χ0) is 25.9.